The molecule has 1 aromatic heterocycles. The van der Waals surface area contributed by atoms with Crippen LogP contribution in [0, 0.1) is 10.1 Å². The van der Waals surface area contributed by atoms with E-state index in [-0.39, 0.29) is 10.9 Å². The predicted octanol–water partition coefficient (Wildman–Crippen LogP) is 3.47. The maximum absolute atomic E-state index is 11.9. The minimum Gasteiger partial charge on any atom is -0.321 e. The lowest BCUT2D eigenvalue weighted by Gasteiger charge is -2.04. The van der Waals surface area contributed by atoms with Crippen LogP contribution in [0.15, 0.2) is 36.4 Å². The Balaban J connectivity index is 2.08. The zero-order chi connectivity index (χ0) is 13.8. The van der Waals surface area contributed by atoms with Crippen molar-refractivity contribution in [2.75, 3.05) is 5.32 Å². The van der Waals surface area contributed by atoms with Crippen LogP contribution >= 0.6 is 11.3 Å². The lowest BCUT2D eigenvalue weighted by atomic mass is 10.1. The van der Waals surface area contributed by atoms with Gasteiger partial charge in [-0.25, -0.2) is 0 Å². The van der Waals surface area contributed by atoms with Crippen LogP contribution in [-0.2, 0) is 6.42 Å². The molecular weight excluding hydrogens is 264 g/mol. The van der Waals surface area contributed by atoms with Gasteiger partial charge in [-0.15, -0.1) is 0 Å². The van der Waals surface area contributed by atoms with Crippen molar-refractivity contribution in [3.63, 3.8) is 0 Å². The summed E-state index contributed by atoms with van der Waals surface area (Å²) in [4.78, 5) is 22.3. The summed E-state index contributed by atoms with van der Waals surface area (Å²) in [6.45, 7) is 2.05. The maximum atomic E-state index is 11.9. The van der Waals surface area contributed by atoms with Gasteiger partial charge in [-0.2, -0.15) is 0 Å². The van der Waals surface area contributed by atoms with Crippen molar-refractivity contribution in [3.8, 4) is 0 Å². The highest BCUT2D eigenvalue weighted by Gasteiger charge is 2.15. The normalized spacial score (nSPS) is 10.2. The maximum Gasteiger partial charge on any atom is 0.324 e. The van der Waals surface area contributed by atoms with Crippen LogP contribution in [-0.4, -0.2) is 10.8 Å². The fraction of sp³-hybridized carbons (Fsp3) is 0.154. The Labute approximate surface area is 114 Å². The van der Waals surface area contributed by atoms with Crippen LogP contribution in [0.4, 0.5) is 10.7 Å². The van der Waals surface area contributed by atoms with E-state index in [0.717, 1.165) is 17.8 Å². The Morgan fingerprint density at radius 2 is 1.95 bits per heavy atom. The largest absolute Gasteiger partial charge is 0.324 e. The average Bonchev–Trinajstić information content (AvgIpc) is 2.89. The van der Waals surface area contributed by atoms with E-state index < -0.39 is 4.92 Å². The summed E-state index contributed by atoms with van der Waals surface area (Å²) in [6, 6.07) is 10.3. The molecule has 1 heterocycles. The number of nitrogens with zero attached hydrogens (tertiary/aromatic N) is 1. The number of nitro groups is 1. The van der Waals surface area contributed by atoms with E-state index in [1.165, 1.54) is 17.7 Å². The van der Waals surface area contributed by atoms with Crippen molar-refractivity contribution in [1.82, 2.24) is 0 Å². The second-order valence-electron chi connectivity index (χ2n) is 3.90. The molecule has 0 unspecified atom stereocenters. The number of benzene rings is 1. The third-order valence-corrected chi connectivity index (χ3v) is 3.65. The standard InChI is InChI=1S/C13H12N2O3S/c1-2-9-3-5-10(6-4-9)14-13(16)11-7-8-12(19-11)15(17)18/h3-8H,2H2,1H3,(H,14,16). The fourth-order valence-electron chi connectivity index (χ4n) is 1.56. The SMILES string of the molecule is CCc1ccc(NC(=O)c2ccc([N+](=O)[O-])s2)cc1. The van der Waals surface area contributed by atoms with Crippen LogP contribution in [0.1, 0.15) is 22.2 Å². The van der Waals surface area contributed by atoms with Crippen LogP contribution in [0.2, 0.25) is 0 Å². The zero-order valence-electron chi connectivity index (χ0n) is 10.3. The van der Waals surface area contributed by atoms with Gasteiger partial charge in [-0.1, -0.05) is 30.4 Å². The van der Waals surface area contributed by atoms with Crippen molar-refractivity contribution in [3.05, 3.63) is 57.0 Å². The Morgan fingerprint density at radius 1 is 1.26 bits per heavy atom. The van der Waals surface area contributed by atoms with E-state index in [1.54, 1.807) is 0 Å². The number of rotatable bonds is 4. The smallest absolute Gasteiger partial charge is 0.321 e. The summed E-state index contributed by atoms with van der Waals surface area (Å²) in [7, 11) is 0. The Bertz CT molecular complexity index is 605. The predicted molar refractivity (Wildman–Crippen MR) is 74.7 cm³/mol. The minimum absolute atomic E-state index is 0.0357. The molecule has 0 spiro atoms. The summed E-state index contributed by atoms with van der Waals surface area (Å²) in [6.07, 6.45) is 0.936. The van der Waals surface area contributed by atoms with E-state index in [2.05, 4.69) is 12.2 Å². The topological polar surface area (TPSA) is 72.2 Å². The number of hydrogen-bond acceptors (Lipinski definition) is 4. The molecule has 0 bridgehead atoms. The van der Waals surface area contributed by atoms with E-state index in [4.69, 9.17) is 0 Å². The Kier molecular flexibility index (Phi) is 3.91. The van der Waals surface area contributed by atoms with Crippen LogP contribution < -0.4 is 5.32 Å². The monoisotopic (exact) mass is 276 g/mol. The lowest BCUT2D eigenvalue weighted by Crippen LogP contribution is -2.09. The lowest BCUT2D eigenvalue weighted by molar-refractivity contribution is -0.380. The number of anilines is 1. The number of thiophene rings is 1. The van der Waals surface area contributed by atoms with Crippen LogP contribution in [0.25, 0.3) is 0 Å². The second-order valence-corrected chi connectivity index (χ2v) is 4.96. The van der Waals surface area contributed by atoms with E-state index in [0.29, 0.717) is 10.6 Å². The molecule has 1 N–H and O–H groups in total. The molecule has 0 aliphatic carbocycles. The van der Waals surface area contributed by atoms with Crippen molar-refractivity contribution in [1.29, 1.82) is 0 Å². The first-order chi connectivity index (χ1) is 9.10. The molecule has 0 aliphatic rings. The molecule has 2 rings (SSSR count). The van der Waals surface area contributed by atoms with Crippen LogP contribution in [0.5, 0.6) is 0 Å². The summed E-state index contributed by atoms with van der Waals surface area (Å²) in [5.74, 6) is -0.331. The first kappa shape index (κ1) is 13.2. The molecule has 1 amide bonds. The van der Waals surface area contributed by atoms with Gasteiger partial charge in [0.1, 0.15) is 0 Å². The van der Waals surface area contributed by atoms with Gasteiger partial charge < -0.3 is 5.32 Å². The second kappa shape index (κ2) is 5.62. The molecule has 0 radical (unpaired) electrons. The van der Waals surface area contributed by atoms with Gasteiger partial charge >= 0.3 is 5.00 Å². The van der Waals surface area contributed by atoms with Crippen molar-refractivity contribution < 1.29 is 9.72 Å². The van der Waals surface area contributed by atoms with Gasteiger partial charge in [0.25, 0.3) is 5.91 Å². The summed E-state index contributed by atoms with van der Waals surface area (Å²) >= 11 is 0.865. The molecule has 0 aliphatic heterocycles. The van der Waals surface area contributed by atoms with Crippen molar-refractivity contribution in [2.24, 2.45) is 0 Å². The van der Waals surface area contributed by atoms with Gasteiger partial charge in [0.15, 0.2) is 0 Å². The number of hydrogen-bond donors (Lipinski definition) is 1. The highest BCUT2D eigenvalue weighted by Crippen LogP contribution is 2.24. The van der Waals surface area contributed by atoms with Gasteiger partial charge in [0.05, 0.1) is 9.80 Å². The van der Waals surface area contributed by atoms with Crippen LogP contribution in [0.3, 0.4) is 0 Å². The highest BCUT2D eigenvalue weighted by atomic mass is 32.1. The molecular formula is C13H12N2O3S. The number of carbonyl (C=O) groups excluding carboxylic acids is 1. The first-order valence-electron chi connectivity index (χ1n) is 5.74. The summed E-state index contributed by atoms with van der Waals surface area (Å²) < 4.78 is 0. The Hall–Kier alpha value is -2.21. The summed E-state index contributed by atoms with van der Waals surface area (Å²) in [5, 5.41) is 13.2. The highest BCUT2D eigenvalue weighted by molar-refractivity contribution is 7.17. The molecule has 5 nitrogen and oxygen atoms in total. The van der Waals surface area contributed by atoms with E-state index >= 15 is 0 Å². The first-order valence-corrected chi connectivity index (χ1v) is 6.56. The van der Waals surface area contributed by atoms with E-state index in [1.807, 2.05) is 24.3 Å². The minimum atomic E-state index is -0.502. The van der Waals surface area contributed by atoms with Crippen molar-refractivity contribution in [2.45, 2.75) is 13.3 Å². The van der Waals surface area contributed by atoms with Gasteiger partial charge in [0.2, 0.25) is 0 Å². The molecule has 0 fully saturated rings. The molecule has 0 saturated carbocycles. The quantitative estimate of drug-likeness (QED) is 0.686. The van der Waals surface area contributed by atoms with E-state index in [9.17, 15) is 14.9 Å². The molecule has 2 aromatic rings. The number of amides is 1. The average molecular weight is 276 g/mol. The van der Waals surface area contributed by atoms with Gasteiger partial charge in [0, 0.05) is 11.8 Å². The third-order valence-electron chi connectivity index (χ3n) is 2.62. The van der Waals surface area contributed by atoms with Gasteiger partial charge in [-0.3, -0.25) is 14.9 Å². The number of nitrogens with one attached hydrogen (secondary N) is 1. The fourth-order valence-corrected chi connectivity index (χ4v) is 2.28. The molecule has 19 heavy (non-hydrogen) atoms. The molecule has 0 saturated heterocycles. The number of carbonyl (C=O) groups is 1. The Morgan fingerprint density at radius 3 is 2.47 bits per heavy atom. The van der Waals surface area contributed by atoms with Crippen molar-refractivity contribution >= 4 is 27.9 Å². The zero-order valence-corrected chi connectivity index (χ0v) is 11.1. The summed E-state index contributed by atoms with van der Waals surface area (Å²) in [5.41, 5.74) is 1.86. The third kappa shape index (κ3) is 3.17. The molecule has 98 valence electrons. The molecule has 1 aromatic carbocycles. The molecule has 0 atom stereocenters. The van der Waals surface area contributed by atoms with Gasteiger partial charge in [-0.05, 0) is 30.2 Å². The number of aryl methyl sites for hydroxylation is 1. The molecule has 6 heteroatoms.